The van der Waals surface area contributed by atoms with Gasteiger partial charge in [0.2, 0.25) is 0 Å². The fourth-order valence-corrected chi connectivity index (χ4v) is 9.29. The lowest BCUT2D eigenvalue weighted by molar-refractivity contribution is -0.466. The largest absolute Gasteiger partial charge is 0.741 e. The normalized spacial score (nSPS) is 14.7. The average molecular weight is 1230 g/mol. The summed E-state index contributed by atoms with van der Waals surface area (Å²) in [6.45, 7) is 5.64. The minimum absolute atomic E-state index is 0.124. The Labute approximate surface area is 492 Å². The molecule has 2 aliphatic heterocycles. The zero-order chi connectivity index (χ0) is 62.5. The van der Waals surface area contributed by atoms with Gasteiger partial charge in [-0.15, -0.1) is 0 Å². The Bertz CT molecular complexity index is 3480. The maximum Gasteiger partial charge on any atom is 0.485 e. The van der Waals surface area contributed by atoms with Crippen LogP contribution in [0.5, 0.6) is 0 Å². The Balaban J connectivity index is 0.000000247. The van der Waals surface area contributed by atoms with Crippen LogP contribution in [0.2, 0.25) is 0 Å². The number of halogens is 6. The van der Waals surface area contributed by atoms with Gasteiger partial charge < -0.3 is 23.8 Å². The first-order valence-corrected chi connectivity index (χ1v) is 30.7. The molecular weight excluding hydrogens is 1170 g/mol. The molecule has 14 nitrogen and oxygen atoms in total. The predicted octanol–water partition coefficient (Wildman–Crippen LogP) is 11.7. The second kappa shape index (κ2) is 31.5. The number of hydrogen-bond acceptors (Lipinski definition) is 10. The molecule has 1 unspecified atom stereocenters. The van der Waals surface area contributed by atoms with Crippen LogP contribution in [0.3, 0.4) is 0 Å². The number of nitrogens with zero attached hydrogens (tertiary/aromatic N) is 2. The second-order valence-corrected chi connectivity index (χ2v) is 23.8. The van der Waals surface area contributed by atoms with Crippen molar-refractivity contribution in [3.8, 4) is 22.3 Å². The molecule has 8 rings (SSSR count). The molecule has 5 atom stereocenters. The summed E-state index contributed by atoms with van der Waals surface area (Å²) in [5, 5.41) is 19.6. The highest BCUT2D eigenvalue weighted by molar-refractivity contribution is 7.86. The molecule has 0 aliphatic carbocycles. The highest BCUT2D eigenvalue weighted by Gasteiger charge is 2.38. The number of carboxylic acids is 2. The number of carboxylic acid groups (broad SMARTS) is 2. The summed E-state index contributed by atoms with van der Waals surface area (Å²) in [6.07, 6.45) is 16.7. The number of benzene rings is 6. The van der Waals surface area contributed by atoms with Crippen LogP contribution in [-0.2, 0) is 77.9 Å². The predicted molar refractivity (Wildman–Crippen MR) is 310 cm³/mol. The molecule has 448 valence electrons. The third kappa shape index (κ3) is 22.8. The molecule has 2 N–H and O–H groups in total. The Morgan fingerprint density at radius 1 is 0.518 bits per heavy atom. The van der Waals surface area contributed by atoms with Gasteiger partial charge in [0.25, 0.3) is 0 Å². The van der Waals surface area contributed by atoms with Crippen molar-refractivity contribution in [3.63, 3.8) is 0 Å². The molecule has 85 heavy (non-hydrogen) atoms. The minimum Gasteiger partial charge on any atom is -0.741 e. The molecule has 0 fully saturated rings. The van der Waals surface area contributed by atoms with Crippen LogP contribution in [0.4, 0.5) is 26.3 Å². The van der Waals surface area contributed by atoms with Crippen molar-refractivity contribution in [1.29, 1.82) is 0 Å². The summed E-state index contributed by atoms with van der Waals surface area (Å²) in [6, 6.07) is 52.9. The van der Waals surface area contributed by atoms with Crippen LogP contribution in [0.15, 0.2) is 182 Å². The van der Waals surface area contributed by atoms with Gasteiger partial charge in [-0.1, -0.05) is 165 Å². The van der Waals surface area contributed by atoms with Crippen LogP contribution < -0.4 is 0 Å². The summed E-state index contributed by atoms with van der Waals surface area (Å²) >= 11 is 0. The number of rotatable bonds is 20. The van der Waals surface area contributed by atoms with Crippen molar-refractivity contribution in [1.82, 2.24) is 0 Å². The molecule has 0 spiro atoms. The lowest BCUT2D eigenvalue weighted by Gasteiger charge is -2.24. The molecule has 0 saturated carbocycles. The second-order valence-electron chi connectivity index (χ2n) is 19.8. The van der Waals surface area contributed by atoms with Gasteiger partial charge in [-0.2, -0.15) is 26.3 Å². The standard InChI is InChI=1S/C30H32BNO2P.C29H27NO4.2CHF3O3S/c1-23(29(30(33)34-35(2)31)21-24-8-4-3-5-9-24)20-25-10-14-27(15-11-25)28-16-12-26(13-17-28)22-32-18-6-7-19-32;31-28(32)26(18-21-6-2-1-3-7-21)27(29(33)34)19-22-8-12-24(13-9-22)25-14-10-23(11-15-25)20-30-16-4-5-17-30;2*2-1(3,4)8(5,6)7/h3-6,8-19,23,29H,7,20-22H2,1-2H3;1-4,6-17,26-27H,5,18-20H2,(H-,31,32,33,34);2*(H,5,6,7)/q+1;;;/p-1/t23-,29-,35?;26-,27-;;/m00../s1. The van der Waals surface area contributed by atoms with Crippen molar-refractivity contribution in [3.05, 3.63) is 216 Å². The Hall–Kier alpha value is -7.56. The summed E-state index contributed by atoms with van der Waals surface area (Å²) in [5.41, 5.74) is -0.269. The minimum atomic E-state index is -6.09. The number of carbonyl (C=O) groups excluding carboxylic acids is 1. The van der Waals surface area contributed by atoms with Gasteiger partial charge in [0.15, 0.2) is 53.3 Å². The van der Waals surface area contributed by atoms with E-state index < -0.39 is 63.1 Å². The molecule has 2 heterocycles. The van der Waals surface area contributed by atoms with E-state index in [-0.39, 0.29) is 30.6 Å². The topological polar surface area (TPSA) is 221 Å². The first-order chi connectivity index (χ1) is 40.0. The lowest BCUT2D eigenvalue weighted by Crippen LogP contribution is -2.33. The van der Waals surface area contributed by atoms with E-state index in [1.807, 2.05) is 72.8 Å². The van der Waals surface area contributed by atoms with E-state index in [4.69, 9.17) is 38.0 Å². The molecule has 2 aliphatic rings. The highest BCUT2D eigenvalue weighted by Crippen LogP contribution is 2.32. The van der Waals surface area contributed by atoms with Crippen LogP contribution in [0.1, 0.15) is 53.1 Å². The number of allylic oxidation sites excluding steroid dienone is 2. The van der Waals surface area contributed by atoms with E-state index in [1.165, 1.54) is 27.8 Å². The van der Waals surface area contributed by atoms with Crippen molar-refractivity contribution >= 4 is 66.2 Å². The SMILES string of the molecule is O=C(O)[C@@H](Cc1ccccc1)[C@H](Cc1ccc(-c2ccc(C[N+]3=CCC=C3)cc2)cc1)C(=O)O.O=S(=O)([O-])C(F)(F)F.O=S(=O)([O-])C(F)(F)F.[B]P(C)OC(=O)[C@@H](Cc1ccccc1)[C@@H](C)Cc1ccc(-c2ccc(C[N+]3=CCC=C3)cc2)cc1. The number of carbonyl (C=O) groups is 3. The third-order valence-corrected chi connectivity index (χ3v) is 14.9. The number of alkyl halides is 6. The van der Waals surface area contributed by atoms with Crippen molar-refractivity contribution in [2.45, 2.75) is 69.6 Å². The van der Waals surface area contributed by atoms with Gasteiger partial charge in [0.1, 0.15) is 12.4 Å². The molecule has 2 radical (unpaired) electrons. The monoisotopic (exact) mass is 1230 g/mol. The summed E-state index contributed by atoms with van der Waals surface area (Å²) in [4.78, 5) is 36.8. The molecular formula is C61H60BF6N2O12PS2. The smallest absolute Gasteiger partial charge is 0.485 e. The fourth-order valence-electron chi connectivity index (χ4n) is 8.87. The van der Waals surface area contributed by atoms with Crippen molar-refractivity contribution < 1.29 is 90.6 Å². The lowest BCUT2D eigenvalue weighted by atomic mass is 9.82. The van der Waals surface area contributed by atoms with Gasteiger partial charge in [0.05, 0.1) is 17.8 Å². The first kappa shape index (κ1) is 68.2. The summed E-state index contributed by atoms with van der Waals surface area (Å²) in [5.74, 6) is -4.51. The van der Waals surface area contributed by atoms with Crippen molar-refractivity contribution in [2.75, 3.05) is 6.66 Å². The quantitative estimate of drug-likeness (QED) is 0.0182. The first-order valence-electron chi connectivity index (χ1n) is 26.1. The van der Waals surface area contributed by atoms with Crippen molar-refractivity contribution in [2.24, 2.45) is 23.7 Å². The van der Waals surface area contributed by atoms with Gasteiger partial charge >= 0.3 is 28.9 Å². The van der Waals surface area contributed by atoms with Crippen LogP contribution in [0, 0.1) is 23.7 Å². The fraction of sp³-hybridized carbons (Fsp3) is 0.262. The Kier molecular flexibility index (Phi) is 25.3. The van der Waals surface area contributed by atoms with Crippen LogP contribution >= 0.6 is 8.03 Å². The molecule has 6 aromatic carbocycles. The van der Waals surface area contributed by atoms with Gasteiger partial charge in [-0.3, -0.25) is 14.4 Å². The van der Waals surface area contributed by atoms with Gasteiger partial charge in [-0.05, 0) is 94.9 Å². The molecule has 0 amide bonds. The molecule has 24 heteroatoms. The Morgan fingerprint density at radius 2 is 0.800 bits per heavy atom. The molecule has 0 saturated heterocycles. The van der Waals surface area contributed by atoms with E-state index in [1.54, 1.807) is 6.66 Å². The summed E-state index contributed by atoms with van der Waals surface area (Å²) < 4.78 is 128. The van der Waals surface area contributed by atoms with E-state index >= 15 is 0 Å². The maximum atomic E-state index is 12.9. The van der Waals surface area contributed by atoms with Crippen LogP contribution in [-0.4, -0.2) is 101 Å². The average Bonchev–Trinajstić information content (AvgIpc) is 4.29. The van der Waals surface area contributed by atoms with Gasteiger partial charge in [0, 0.05) is 32.0 Å². The van der Waals surface area contributed by atoms with E-state index in [0.29, 0.717) is 6.42 Å². The maximum absolute atomic E-state index is 12.9. The van der Waals surface area contributed by atoms with E-state index in [2.05, 4.69) is 138 Å². The molecule has 0 aromatic heterocycles. The zero-order valence-corrected chi connectivity index (χ0v) is 48.4. The highest BCUT2D eigenvalue weighted by atomic mass is 32.2. The zero-order valence-electron chi connectivity index (χ0n) is 45.9. The van der Waals surface area contributed by atoms with Gasteiger partial charge in [-0.25, -0.2) is 26.0 Å². The number of aliphatic carboxylic acids is 2. The molecule has 0 bridgehead atoms. The third-order valence-electron chi connectivity index (χ3n) is 13.3. The summed E-state index contributed by atoms with van der Waals surface area (Å²) in [7, 11) is -7.59. The van der Waals surface area contributed by atoms with E-state index in [0.717, 1.165) is 60.2 Å². The molecule has 6 aromatic rings. The Morgan fingerprint density at radius 3 is 1.07 bits per heavy atom. The van der Waals surface area contributed by atoms with Crippen LogP contribution in [0.25, 0.3) is 22.3 Å². The van der Waals surface area contributed by atoms with E-state index in [9.17, 15) is 50.9 Å². The number of hydrogen-bond donors (Lipinski definition) is 2.